The average molecular weight is 370 g/mol. The van der Waals surface area contributed by atoms with Crippen molar-refractivity contribution < 1.29 is 28.7 Å². The molecule has 0 aliphatic rings. The number of hydrogen-bond donors (Lipinski definition) is 6. The summed E-state index contributed by atoms with van der Waals surface area (Å²) in [4.78, 5) is 37.9. The number of benzene rings is 2. The Morgan fingerprint density at radius 2 is 1.29 bits per heavy atom. The molecule has 0 saturated heterocycles. The van der Waals surface area contributed by atoms with E-state index in [1.165, 1.54) is 24.3 Å². The van der Waals surface area contributed by atoms with E-state index in [0.29, 0.717) is 11.3 Å². The van der Waals surface area contributed by atoms with Gasteiger partial charge in [-0.05, 0) is 29.3 Å². The number of nitrogens with two attached hydrogens (primary N) is 2. The molecule has 0 amide bonds. The third kappa shape index (κ3) is 4.13. The van der Waals surface area contributed by atoms with Crippen molar-refractivity contribution in [3.8, 4) is 0 Å². The van der Waals surface area contributed by atoms with Gasteiger partial charge in [-0.25, -0.2) is 0 Å². The lowest BCUT2D eigenvalue weighted by Gasteiger charge is -2.17. The Balaban J connectivity index is 2.64. The van der Waals surface area contributed by atoms with Gasteiger partial charge in [-0.15, -0.1) is 0 Å². The molecule has 0 aromatic heterocycles. The summed E-state index contributed by atoms with van der Waals surface area (Å²) in [6.45, 7) is 0. The summed E-state index contributed by atoms with van der Waals surface area (Å²) in [7, 11) is -9.98. The maximum Gasteiger partial charge on any atom is 0.359 e. The van der Waals surface area contributed by atoms with Gasteiger partial charge < -0.3 is 31.0 Å². The molecule has 0 spiro atoms. The molecule has 0 saturated carbocycles. The van der Waals surface area contributed by atoms with E-state index in [9.17, 15) is 28.7 Å². The van der Waals surface area contributed by atoms with Gasteiger partial charge in [0.05, 0.1) is 5.30 Å². The van der Waals surface area contributed by atoms with Crippen molar-refractivity contribution in [1.29, 1.82) is 0 Å². The first-order valence-corrected chi connectivity index (χ1v) is 9.81. The Morgan fingerprint density at radius 3 is 1.79 bits per heavy atom. The minimum Gasteiger partial charge on any atom is -0.399 e. The Morgan fingerprint density at radius 1 is 0.750 bits per heavy atom. The molecule has 0 bridgehead atoms. The second-order valence-corrected chi connectivity index (χ2v) is 8.10. The molecule has 8 N–H and O–H groups in total. The lowest BCUT2D eigenvalue weighted by atomic mass is 10.1. The van der Waals surface area contributed by atoms with Gasteiger partial charge in [0.1, 0.15) is 5.30 Å². The lowest BCUT2D eigenvalue weighted by molar-refractivity contribution is 0.381. The highest BCUT2D eigenvalue weighted by Crippen LogP contribution is 2.43. The van der Waals surface area contributed by atoms with E-state index in [4.69, 9.17) is 11.5 Å². The Hall–Kier alpha value is -1.92. The van der Waals surface area contributed by atoms with Crippen molar-refractivity contribution in [2.45, 2.75) is 0 Å². The third-order valence-electron chi connectivity index (χ3n) is 3.19. The van der Waals surface area contributed by atoms with Gasteiger partial charge in [-0.2, -0.15) is 0 Å². The van der Waals surface area contributed by atoms with Crippen molar-refractivity contribution in [3.63, 3.8) is 0 Å². The van der Waals surface area contributed by atoms with Crippen LogP contribution in [-0.4, -0.2) is 19.6 Å². The molecular formula is C14H16N2O6P2. The molecular weight excluding hydrogens is 354 g/mol. The van der Waals surface area contributed by atoms with Crippen LogP contribution in [0.5, 0.6) is 0 Å². The van der Waals surface area contributed by atoms with E-state index in [1.54, 1.807) is 24.3 Å². The third-order valence-corrected chi connectivity index (χ3v) is 5.49. The number of rotatable bonds is 4. The fourth-order valence-corrected chi connectivity index (χ4v) is 4.64. The summed E-state index contributed by atoms with van der Waals surface area (Å²) in [5, 5.41) is -1.63. The molecule has 8 nitrogen and oxygen atoms in total. The molecule has 0 aliphatic carbocycles. The summed E-state index contributed by atoms with van der Waals surface area (Å²) in [5.41, 5.74) is 11.9. The van der Waals surface area contributed by atoms with E-state index >= 15 is 0 Å². The quantitative estimate of drug-likeness (QED) is 0.259. The van der Waals surface area contributed by atoms with Crippen molar-refractivity contribution in [1.82, 2.24) is 0 Å². The van der Waals surface area contributed by atoms with Crippen LogP contribution in [0.15, 0.2) is 36.4 Å². The second kappa shape index (κ2) is 6.53. The number of nitrogen functional groups attached to an aromatic ring is 2. The Kier molecular flexibility index (Phi) is 5.01. The van der Waals surface area contributed by atoms with Crippen LogP contribution >= 0.6 is 15.2 Å². The second-order valence-electron chi connectivity index (χ2n) is 5.03. The van der Waals surface area contributed by atoms with Gasteiger partial charge in [0.2, 0.25) is 0 Å². The van der Waals surface area contributed by atoms with Crippen LogP contribution in [0.3, 0.4) is 0 Å². The van der Waals surface area contributed by atoms with Crippen LogP contribution < -0.4 is 22.1 Å². The number of hydrogen-bond acceptors (Lipinski definition) is 4. The highest BCUT2D eigenvalue weighted by atomic mass is 31.2. The van der Waals surface area contributed by atoms with Crippen molar-refractivity contribution in [2.75, 3.05) is 11.5 Å². The molecule has 0 unspecified atom stereocenters. The normalized spacial score (nSPS) is 12.7. The van der Waals surface area contributed by atoms with Gasteiger partial charge in [-0.1, -0.05) is 30.4 Å². The van der Waals surface area contributed by atoms with Crippen LogP contribution in [0.1, 0.15) is 11.1 Å². The molecule has 10 heteroatoms. The van der Waals surface area contributed by atoms with Crippen LogP contribution in [0.4, 0.5) is 11.4 Å². The Labute approximate surface area is 137 Å². The molecule has 0 heterocycles. The first-order valence-electron chi connectivity index (χ1n) is 6.58. The minimum atomic E-state index is -4.99. The fraction of sp³-hybridized carbons (Fsp3) is 0. The van der Waals surface area contributed by atoms with Crippen molar-refractivity contribution in [2.24, 2.45) is 0 Å². The predicted molar refractivity (Wildman–Crippen MR) is 94.0 cm³/mol. The highest BCUT2D eigenvalue weighted by Gasteiger charge is 2.34. The topological polar surface area (TPSA) is 167 Å². The summed E-state index contributed by atoms with van der Waals surface area (Å²) in [6, 6.07) is 9.14. The van der Waals surface area contributed by atoms with E-state index in [2.05, 4.69) is 0 Å². The minimum absolute atomic E-state index is 0.0346. The van der Waals surface area contributed by atoms with Crippen LogP contribution in [0, 0.1) is 0 Å². The molecule has 0 fully saturated rings. The van der Waals surface area contributed by atoms with E-state index in [0.717, 1.165) is 0 Å². The molecule has 2 rings (SSSR count). The molecule has 24 heavy (non-hydrogen) atoms. The van der Waals surface area contributed by atoms with Crippen LogP contribution in [-0.2, 0) is 9.13 Å². The zero-order valence-corrected chi connectivity index (χ0v) is 14.1. The van der Waals surface area contributed by atoms with Gasteiger partial charge in [0.25, 0.3) is 0 Å². The largest absolute Gasteiger partial charge is 0.399 e. The lowest BCUT2D eigenvalue weighted by Crippen LogP contribution is -2.30. The smallest absolute Gasteiger partial charge is 0.359 e. The van der Waals surface area contributed by atoms with E-state index < -0.39 is 25.8 Å². The van der Waals surface area contributed by atoms with Crippen LogP contribution in [0.25, 0.3) is 12.2 Å². The predicted octanol–water partition coefficient (Wildman–Crippen LogP) is 0.627. The molecule has 0 atom stereocenters. The molecule has 0 aliphatic heterocycles. The monoisotopic (exact) mass is 370 g/mol. The molecule has 0 radical (unpaired) electrons. The average Bonchev–Trinajstić information content (AvgIpc) is 2.45. The first kappa shape index (κ1) is 18.4. The van der Waals surface area contributed by atoms with E-state index in [-0.39, 0.29) is 11.3 Å². The maximum absolute atomic E-state index is 11.8. The first-order chi connectivity index (χ1) is 11.0. The van der Waals surface area contributed by atoms with Gasteiger partial charge in [0, 0.05) is 11.4 Å². The standard InChI is InChI=1S/C14H16N2O6P2/c15-11-6-2-9(3-7-11)1-4-10-5-8-12(16)14(24(20,21)22)13(10)23(17,18)19/h1-8H,15-16H2,(H2,17,18,19)(H2,20,21,22). The fourth-order valence-electron chi connectivity index (χ4n) is 2.15. The summed E-state index contributed by atoms with van der Waals surface area (Å²) < 4.78 is 23.4. The molecule has 128 valence electrons. The summed E-state index contributed by atoms with van der Waals surface area (Å²) in [6.07, 6.45) is 2.88. The Bertz CT molecular complexity index is 883. The van der Waals surface area contributed by atoms with E-state index in [1.807, 2.05) is 0 Å². The zero-order chi connectivity index (χ0) is 18.1. The van der Waals surface area contributed by atoms with Gasteiger partial charge in [-0.3, -0.25) is 9.13 Å². The van der Waals surface area contributed by atoms with Gasteiger partial charge >= 0.3 is 15.2 Å². The molecule has 2 aromatic rings. The van der Waals surface area contributed by atoms with Crippen molar-refractivity contribution in [3.05, 3.63) is 47.5 Å². The van der Waals surface area contributed by atoms with Crippen LogP contribution in [0.2, 0.25) is 0 Å². The van der Waals surface area contributed by atoms with Gasteiger partial charge in [0.15, 0.2) is 0 Å². The molecule has 2 aromatic carbocycles. The zero-order valence-electron chi connectivity index (χ0n) is 12.3. The summed E-state index contributed by atoms with van der Waals surface area (Å²) in [5.74, 6) is 0. The maximum atomic E-state index is 11.8. The highest BCUT2D eigenvalue weighted by molar-refractivity contribution is 7.67. The number of anilines is 2. The SMILES string of the molecule is Nc1ccc(C=Cc2ccc(N)c(P(=O)(O)O)c2P(=O)(O)O)cc1. The van der Waals surface area contributed by atoms with Crippen molar-refractivity contribution >= 4 is 49.3 Å². The summed E-state index contributed by atoms with van der Waals surface area (Å²) >= 11 is 0.